The number of methoxy groups -OCH3 is 1. The smallest absolute Gasteiger partial charge is 0.239 e. The fourth-order valence-electron chi connectivity index (χ4n) is 2.88. The number of hydrogen-bond donors (Lipinski definition) is 1. The number of carbonyl (C=O) groups is 2. The first-order valence-corrected chi connectivity index (χ1v) is 8.25. The van der Waals surface area contributed by atoms with Crippen LogP contribution >= 0.6 is 11.6 Å². The molecule has 5 nitrogen and oxygen atoms in total. The first-order chi connectivity index (χ1) is 11.0. The van der Waals surface area contributed by atoms with Gasteiger partial charge in [0.25, 0.3) is 0 Å². The Hall–Kier alpha value is -1.59. The summed E-state index contributed by atoms with van der Waals surface area (Å²) < 4.78 is 5.51. The van der Waals surface area contributed by atoms with E-state index >= 15 is 0 Å². The Morgan fingerprint density at radius 1 is 1.39 bits per heavy atom. The standard InChI is InChI=1S/C17H23ClN2O3/c1-12(17(23-2)13-7-3-4-8-14(13)18)19-15(21)11-20-10-6-5-9-16(20)22/h3-4,7-8,12,17H,5-6,9-11H2,1-2H3,(H,19,21)/t12-,17-/m1/s1. The summed E-state index contributed by atoms with van der Waals surface area (Å²) in [5.41, 5.74) is 0.832. The fourth-order valence-corrected chi connectivity index (χ4v) is 3.13. The van der Waals surface area contributed by atoms with Crippen LogP contribution in [0.1, 0.15) is 37.9 Å². The lowest BCUT2D eigenvalue weighted by molar-refractivity contribution is -0.138. The number of piperidine rings is 1. The molecule has 0 unspecified atom stereocenters. The van der Waals surface area contributed by atoms with Gasteiger partial charge in [-0.25, -0.2) is 0 Å². The van der Waals surface area contributed by atoms with E-state index in [1.807, 2.05) is 25.1 Å². The second kappa shape index (κ2) is 8.31. The number of ether oxygens (including phenoxy) is 1. The molecule has 2 amide bonds. The number of rotatable bonds is 6. The average molecular weight is 339 g/mol. The van der Waals surface area contributed by atoms with Gasteiger partial charge in [-0.05, 0) is 25.8 Å². The van der Waals surface area contributed by atoms with Crippen LogP contribution in [0, 0.1) is 0 Å². The average Bonchev–Trinajstić information content (AvgIpc) is 2.52. The number of benzene rings is 1. The predicted octanol–water partition coefficient (Wildman–Crippen LogP) is 2.54. The number of likely N-dealkylation sites (tertiary alicyclic amines) is 1. The van der Waals surface area contributed by atoms with Crippen LogP contribution in [0.15, 0.2) is 24.3 Å². The van der Waals surface area contributed by atoms with Crippen molar-refractivity contribution < 1.29 is 14.3 Å². The van der Waals surface area contributed by atoms with E-state index in [1.165, 1.54) is 0 Å². The van der Waals surface area contributed by atoms with Crippen molar-refractivity contribution in [3.05, 3.63) is 34.9 Å². The maximum absolute atomic E-state index is 12.2. The number of halogens is 1. The Morgan fingerprint density at radius 3 is 2.78 bits per heavy atom. The molecule has 1 saturated heterocycles. The SMILES string of the molecule is CO[C@@H](c1ccccc1Cl)[C@@H](C)NC(=O)CN1CCCCC1=O. The van der Waals surface area contributed by atoms with Gasteiger partial charge in [-0.1, -0.05) is 29.8 Å². The van der Waals surface area contributed by atoms with Crippen LogP contribution < -0.4 is 5.32 Å². The van der Waals surface area contributed by atoms with Crippen LogP contribution in [0.3, 0.4) is 0 Å². The van der Waals surface area contributed by atoms with E-state index in [-0.39, 0.29) is 30.5 Å². The molecule has 6 heteroatoms. The van der Waals surface area contributed by atoms with Crippen molar-refractivity contribution in [2.24, 2.45) is 0 Å². The Morgan fingerprint density at radius 2 is 2.13 bits per heavy atom. The Kier molecular flexibility index (Phi) is 6.42. The van der Waals surface area contributed by atoms with Gasteiger partial charge in [-0.2, -0.15) is 0 Å². The van der Waals surface area contributed by atoms with Gasteiger partial charge in [-0.15, -0.1) is 0 Å². The molecule has 0 bridgehead atoms. The van der Waals surface area contributed by atoms with Gasteiger partial charge < -0.3 is 15.0 Å². The van der Waals surface area contributed by atoms with Crippen molar-refractivity contribution in [2.45, 2.75) is 38.3 Å². The third kappa shape index (κ3) is 4.69. The summed E-state index contributed by atoms with van der Waals surface area (Å²) in [4.78, 5) is 25.6. The van der Waals surface area contributed by atoms with E-state index in [9.17, 15) is 9.59 Å². The lowest BCUT2D eigenvalue weighted by atomic mass is 10.0. The highest BCUT2D eigenvalue weighted by Gasteiger charge is 2.25. The quantitative estimate of drug-likeness (QED) is 0.867. The van der Waals surface area contributed by atoms with Crippen LogP contribution in [0.25, 0.3) is 0 Å². The first kappa shape index (κ1) is 17.8. The molecule has 23 heavy (non-hydrogen) atoms. The molecule has 2 rings (SSSR count). The van der Waals surface area contributed by atoms with E-state index in [4.69, 9.17) is 16.3 Å². The lowest BCUT2D eigenvalue weighted by Crippen LogP contribution is -2.46. The van der Waals surface area contributed by atoms with Crippen LogP contribution in [-0.4, -0.2) is 43.0 Å². The van der Waals surface area contributed by atoms with Crippen molar-refractivity contribution in [2.75, 3.05) is 20.2 Å². The maximum Gasteiger partial charge on any atom is 0.239 e. The van der Waals surface area contributed by atoms with Gasteiger partial charge in [0.2, 0.25) is 11.8 Å². The summed E-state index contributed by atoms with van der Waals surface area (Å²) in [6.45, 7) is 2.62. The van der Waals surface area contributed by atoms with Gasteiger partial charge in [-0.3, -0.25) is 9.59 Å². The van der Waals surface area contributed by atoms with Crippen molar-refractivity contribution in [1.29, 1.82) is 0 Å². The number of nitrogens with one attached hydrogen (secondary N) is 1. The van der Waals surface area contributed by atoms with Gasteiger partial charge in [0.05, 0.1) is 12.6 Å². The number of carbonyl (C=O) groups excluding carboxylic acids is 2. The summed E-state index contributed by atoms with van der Waals surface area (Å²) in [5.74, 6) is -0.129. The molecular formula is C17H23ClN2O3. The molecule has 1 aliphatic rings. The normalized spacial score (nSPS) is 17.7. The largest absolute Gasteiger partial charge is 0.375 e. The van der Waals surface area contributed by atoms with Crippen LogP contribution in [-0.2, 0) is 14.3 Å². The van der Waals surface area contributed by atoms with Crippen LogP contribution in [0.4, 0.5) is 0 Å². The van der Waals surface area contributed by atoms with E-state index in [0.29, 0.717) is 18.0 Å². The van der Waals surface area contributed by atoms with Gasteiger partial charge in [0.1, 0.15) is 6.10 Å². The Labute approximate surface area is 141 Å². The molecule has 0 aliphatic carbocycles. The van der Waals surface area contributed by atoms with E-state index in [0.717, 1.165) is 18.4 Å². The molecule has 0 aromatic heterocycles. The second-order valence-corrected chi connectivity index (χ2v) is 6.21. The maximum atomic E-state index is 12.2. The summed E-state index contributed by atoms with van der Waals surface area (Å²) >= 11 is 6.21. The van der Waals surface area contributed by atoms with Crippen LogP contribution in [0.5, 0.6) is 0 Å². The highest BCUT2D eigenvalue weighted by Crippen LogP contribution is 2.27. The molecule has 1 fully saturated rings. The third-order valence-electron chi connectivity index (χ3n) is 4.06. The summed E-state index contributed by atoms with van der Waals surface area (Å²) in [7, 11) is 1.59. The molecular weight excluding hydrogens is 316 g/mol. The van der Waals surface area contributed by atoms with Gasteiger partial charge in [0, 0.05) is 30.7 Å². The first-order valence-electron chi connectivity index (χ1n) is 7.87. The lowest BCUT2D eigenvalue weighted by Gasteiger charge is -2.28. The minimum Gasteiger partial charge on any atom is -0.375 e. The fraction of sp³-hybridized carbons (Fsp3) is 0.529. The predicted molar refractivity (Wildman–Crippen MR) is 89.2 cm³/mol. The second-order valence-electron chi connectivity index (χ2n) is 5.81. The Bertz CT molecular complexity index is 565. The molecule has 1 N–H and O–H groups in total. The molecule has 2 atom stereocenters. The number of hydrogen-bond acceptors (Lipinski definition) is 3. The molecule has 0 spiro atoms. The molecule has 1 aromatic rings. The zero-order chi connectivity index (χ0) is 16.8. The summed E-state index contributed by atoms with van der Waals surface area (Å²) in [6.07, 6.45) is 2.05. The highest BCUT2D eigenvalue weighted by atomic mass is 35.5. The highest BCUT2D eigenvalue weighted by molar-refractivity contribution is 6.31. The van der Waals surface area contributed by atoms with Crippen molar-refractivity contribution in [3.8, 4) is 0 Å². The van der Waals surface area contributed by atoms with E-state index in [1.54, 1.807) is 18.1 Å². The van der Waals surface area contributed by atoms with Crippen molar-refractivity contribution >= 4 is 23.4 Å². The van der Waals surface area contributed by atoms with Crippen LogP contribution in [0.2, 0.25) is 5.02 Å². The monoisotopic (exact) mass is 338 g/mol. The number of nitrogens with zero attached hydrogens (tertiary/aromatic N) is 1. The topological polar surface area (TPSA) is 58.6 Å². The van der Waals surface area contributed by atoms with E-state index < -0.39 is 0 Å². The molecule has 0 saturated carbocycles. The summed E-state index contributed by atoms with van der Waals surface area (Å²) in [6, 6.07) is 7.15. The molecule has 1 heterocycles. The number of amides is 2. The van der Waals surface area contributed by atoms with Crippen molar-refractivity contribution in [1.82, 2.24) is 10.2 Å². The van der Waals surface area contributed by atoms with Gasteiger partial charge in [0.15, 0.2) is 0 Å². The minimum atomic E-state index is -0.343. The molecule has 1 aliphatic heterocycles. The Balaban J connectivity index is 1.96. The molecule has 126 valence electrons. The van der Waals surface area contributed by atoms with Crippen molar-refractivity contribution in [3.63, 3.8) is 0 Å². The van der Waals surface area contributed by atoms with E-state index in [2.05, 4.69) is 5.32 Å². The van der Waals surface area contributed by atoms with Gasteiger partial charge >= 0.3 is 0 Å². The zero-order valence-corrected chi connectivity index (χ0v) is 14.3. The third-order valence-corrected chi connectivity index (χ3v) is 4.41. The zero-order valence-electron chi connectivity index (χ0n) is 13.5. The molecule has 0 radical (unpaired) electrons. The summed E-state index contributed by atoms with van der Waals surface area (Å²) in [5, 5.41) is 3.51. The minimum absolute atomic E-state index is 0.0495. The molecule has 1 aromatic carbocycles.